The molecule has 9 nitrogen and oxygen atoms in total. The molecule has 0 aromatic carbocycles. The number of pyridine rings is 2. The summed E-state index contributed by atoms with van der Waals surface area (Å²) in [6.45, 7) is 0.540. The van der Waals surface area contributed by atoms with Crippen LogP contribution in [-0.2, 0) is 16.1 Å². The topological polar surface area (TPSA) is 103 Å². The number of aliphatic carboxylic acids is 1. The SMILES string of the molecule is Cc1cc(Cn2cc3c(N4C=C(C(=O)O)OC4)nccc3n2)cnc1OCC(F)(F)F. The first-order chi connectivity index (χ1) is 14.7. The standard InChI is InChI=1S/C19H16F3N5O4/c1-11-4-12(5-24-17(11)30-9-19(20,21)22)6-27-7-13-14(25-27)2-3-23-16(13)26-8-15(18(28)29)31-10-26/h2-5,7-8H,6,9-10H2,1H3,(H,28,29). The second-order valence-corrected chi connectivity index (χ2v) is 6.81. The van der Waals surface area contributed by atoms with E-state index in [0.29, 0.717) is 28.8 Å². The molecule has 0 spiro atoms. The van der Waals surface area contributed by atoms with Gasteiger partial charge in [0.15, 0.2) is 13.3 Å². The van der Waals surface area contributed by atoms with E-state index in [1.807, 2.05) is 0 Å². The van der Waals surface area contributed by atoms with Crippen LogP contribution in [0.25, 0.3) is 10.9 Å². The molecule has 162 valence electrons. The fourth-order valence-corrected chi connectivity index (χ4v) is 3.08. The van der Waals surface area contributed by atoms with Gasteiger partial charge in [0, 0.05) is 24.2 Å². The first kappa shape index (κ1) is 20.4. The Morgan fingerprint density at radius 1 is 1.35 bits per heavy atom. The number of carboxylic acids is 1. The van der Waals surface area contributed by atoms with Crippen LogP contribution < -0.4 is 9.64 Å². The van der Waals surface area contributed by atoms with Crippen LogP contribution in [0.15, 0.2) is 42.7 Å². The van der Waals surface area contributed by atoms with Crippen LogP contribution in [0.4, 0.5) is 19.0 Å². The molecule has 0 fully saturated rings. The number of aryl methyl sites for hydroxylation is 1. The summed E-state index contributed by atoms with van der Waals surface area (Å²) in [7, 11) is 0. The second-order valence-electron chi connectivity index (χ2n) is 6.81. The first-order valence-corrected chi connectivity index (χ1v) is 9.01. The van der Waals surface area contributed by atoms with Crippen molar-refractivity contribution in [2.45, 2.75) is 19.6 Å². The Balaban J connectivity index is 1.55. The van der Waals surface area contributed by atoms with Gasteiger partial charge >= 0.3 is 12.1 Å². The van der Waals surface area contributed by atoms with Gasteiger partial charge in [-0.1, -0.05) is 0 Å². The fraction of sp³-hybridized carbons (Fsp3) is 0.263. The third kappa shape index (κ3) is 4.52. The number of halogens is 3. The van der Waals surface area contributed by atoms with Gasteiger partial charge in [0.05, 0.1) is 23.6 Å². The number of ether oxygens (including phenoxy) is 2. The van der Waals surface area contributed by atoms with Crippen molar-refractivity contribution in [2.24, 2.45) is 0 Å². The van der Waals surface area contributed by atoms with Gasteiger partial charge in [-0.25, -0.2) is 14.8 Å². The molecule has 3 aromatic heterocycles. The van der Waals surface area contributed by atoms with E-state index in [-0.39, 0.29) is 18.4 Å². The van der Waals surface area contributed by atoms with Gasteiger partial charge < -0.3 is 14.6 Å². The summed E-state index contributed by atoms with van der Waals surface area (Å²) >= 11 is 0. The molecule has 0 unspecified atom stereocenters. The molecule has 0 amide bonds. The van der Waals surface area contributed by atoms with E-state index in [9.17, 15) is 18.0 Å². The van der Waals surface area contributed by atoms with Crippen LogP contribution in [0.1, 0.15) is 11.1 Å². The number of carboxylic acid groups (broad SMARTS) is 1. The van der Waals surface area contributed by atoms with Gasteiger partial charge in [-0.15, -0.1) is 0 Å². The number of anilines is 1. The van der Waals surface area contributed by atoms with E-state index in [4.69, 9.17) is 14.6 Å². The van der Waals surface area contributed by atoms with Crippen LogP contribution in [0.5, 0.6) is 5.88 Å². The molecule has 1 aliphatic rings. The highest BCUT2D eigenvalue weighted by molar-refractivity contribution is 5.91. The number of hydrogen-bond acceptors (Lipinski definition) is 7. The zero-order valence-corrected chi connectivity index (χ0v) is 16.1. The van der Waals surface area contributed by atoms with E-state index in [2.05, 4.69) is 15.1 Å². The Morgan fingerprint density at radius 3 is 2.84 bits per heavy atom. The predicted octanol–water partition coefficient (Wildman–Crippen LogP) is 2.84. The molecule has 3 aromatic rings. The van der Waals surface area contributed by atoms with E-state index in [1.54, 1.807) is 41.0 Å². The predicted molar refractivity (Wildman–Crippen MR) is 101 cm³/mol. The van der Waals surface area contributed by atoms with Crippen molar-refractivity contribution in [3.05, 3.63) is 53.8 Å². The lowest BCUT2D eigenvalue weighted by atomic mass is 10.2. The number of alkyl halides is 3. The summed E-state index contributed by atoms with van der Waals surface area (Å²) in [5.74, 6) is -0.935. The molecular weight excluding hydrogens is 419 g/mol. The zero-order valence-electron chi connectivity index (χ0n) is 16.1. The van der Waals surface area contributed by atoms with Gasteiger partial charge in [-0.3, -0.25) is 9.58 Å². The Labute approximate surface area is 173 Å². The Hall–Kier alpha value is -3.83. The largest absolute Gasteiger partial charge is 0.475 e. The molecule has 0 saturated carbocycles. The Morgan fingerprint density at radius 2 is 2.16 bits per heavy atom. The minimum Gasteiger partial charge on any atom is -0.475 e. The highest BCUT2D eigenvalue weighted by atomic mass is 19.4. The van der Waals surface area contributed by atoms with Crippen molar-refractivity contribution in [3.63, 3.8) is 0 Å². The molecular formula is C19H16F3N5O4. The van der Waals surface area contributed by atoms with Gasteiger partial charge in [0.1, 0.15) is 5.82 Å². The van der Waals surface area contributed by atoms with Crippen molar-refractivity contribution in [1.82, 2.24) is 19.7 Å². The molecule has 0 aliphatic carbocycles. The Bertz CT molecular complexity index is 1180. The fourth-order valence-electron chi connectivity index (χ4n) is 3.08. The number of carbonyl (C=O) groups is 1. The van der Waals surface area contributed by atoms with Gasteiger partial charge in [-0.2, -0.15) is 18.3 Å². The highest BCUT2D eigenvalue weighted by Crippen LogP contribution is 2.27. The highest BCUT2D eigenvalue weighted by Gasteiger charge is 2.29. The lowest BCUT2D eigenvalue weighted by Crippen LogP contribution is -2.20. The number of rotatable bonds is 6. The number of hydrogen-bond donors (Lipinski definition) is 1. The lowest BCUT2D eigenvalue weighted by molar-refractivity contribution is -0.154. The molecule has 0 atom stereocenters. The van der Waals surface area contributed by atoms with Crippen molar-refractivity contribution in [3.8, 4) is 5.88 Å². The monoisotopic (exact) mass is 435 g/mol. The zero-order chi connectivity index (χ0) is 22.2. The normalized spacial score (nSPS) is 13.9. The maximum Gasteiger partial charge on any atom is 0.422 e. The van der Waals surface area contributed by atoms with Crippen molar-refractivity contribution in [1.29, 1.82) is 0 Å². The third-order valence-electron chi connectivity index (χ3n) is 4.38. The quantitative estimate of drug-likeness (QED) is 0.631. The van der Waals surface area contributed by atoms with E-state index in [0.717, 1.165) is 5.56 Å². The minimum absolute atomic E-state index is 0.0153. The number of aromatic nitrogens is 4. The summed E-state index contributed by atoms with van der Waals surface area (Å²) in [6, 6.07) is 3.39. The van der Waals surface area contributed by atoms with Crippen LogP contribution in [0.2, 0.25) is 0 Å². The first-order valence-electron chi connectivity index (χ1n) is 9.01. The molecule has 12 heteroatoms. The average molecular weight is 435 g/mol. The molecule has 0 bridgehead atoms. The smallest absolute Gasteiger partial charge is 0.422 e. The second kappa shape index (κ2) is 7.78. The maximum atomic E-state index is 12.3. The summed E-state index contributed by atoms with van der Waals surface area (Å²) in [5.41, 5.74) is 1.83. The summed E-state index contributed by atoms with van der Waals surface area (Å²) in [5, 5.41) is 14.2. The summed E-state index contributed by atoms with van der Waals surface area (Å²) in [4.78, 5) is 20.9. The van der Waals surface area contributed by atoms with E-state index in [1.165, 1.54) is 12.4 Å². The van der Waals surface area contributed by atoms with E-state index >= 15 is 0 Å². The molecule has 4 rings (SSSR count). The van der Waals surface area contributed by atoms with Crippen molar-refractivity contribution < 1.29 is 32.5 Å². The summed E-state index contributed by atoms with van der Waals surface area (Å²) < 4.78 is 48.5. The Kier molecular flexibility index (Phi) is 5.13. The molecule has 1 aliphatic heterocycles. The average Bonchev–Trinajstić information content (AvgIpc) is 3.33. The van der Waals surface area contributed by atoms with E-state index < -0.39 is 18.8 Å². The number of fused-ring (bicyclic) bond motifs is 1. The van der Waals surface area contributed by atoms with Crippen molar-refractivity contribution >= 4 is 22.7 Å². The number of nitrogens with zero attached hydrogens (tertiary/aromatic N) is 5. The molecule has 4 heterocycles. The van der Waals surface area contributed by atoms with Crippen LogP contribution >= 0.6 is 0 Å². The third-order valence-corrected chi connectivity index (χ3v) is 4.38. The lowest BCUT2D eigenvalue weighted by Gasteiger charge is -2.12. The van der Waals surface area contributed by atoms with Crippen molar-refractivity contribution in [2.75, 3.05) is 18.2 Å². The van der Waals surface area contributed by atoms with Crippen LogP contribution in [-0.4, -0.2) is 50.3 Å². The molecule has 0 radical (unpaired) electrons. The molecule has 31 heavy (non-hydrogen) atoms. The van der Waals surface area contributed by atoms with Gasteiger partial charge in [-0.05, 0) is 24.6 Å². The molecule has 0 saturated heterocycles. The van der Waals surface area contributed by atoms with Crippen LogP contribution in [0.3, 0.4) is 0 Å². The summed E-state index contributed by atoms with van der Waals surface area (Å²) in [6.07, 6.45) is 1.65. The minimum atomic E-state index is -4.44. The van der Waals surface area contributed by atoms with Gasteiger partial charge in [0.2, 0.25) is 11.6 Å². The van der Waals surface area contributed by atoms with Gasteiger partial charge in [0.25, 0.3) is 0 Å². The molecule has 1 N–H and O–H groups in total. The maximum absolute atomic E-state index is 12.3. The van der Waals surface area contributed by atoms with Crippen LogP contribution in [0, 0.1) is 6.92 Å².